The van der Waals surface area contributed by atoms with Crippen LogP contribution in [0.5, 0.6) is 5.75 Å². The van der Waals surface area contributed by atoms with Crippen molar-refractivity contribution >= 4 is 17.2 Å². The number of aryl methyl sites for hydroxylation is 1. The molecule has 29 heavy (non-hydrogen) atoms. The molecule has 0 aliphatic carbocycles. The number of methoxy groups -OCH3 is 1. The number of nitrogens with zero attached hydrogens (tertiary/aromatic N) is 1. The minimum absolute atomic E-state index is 0.0463. The summed E-state index contributed by atoms with van der Waals surface area (Å²) in [5.41, 5.74) is 1.96. The van der Waals surface area contributed by atoms with Gasteiger partial charge in [-0.05, 0) is 59.5 Å². The Kier molecular flexibility index (Phi) is 6.85. The van der Waals surface area contributed by atoms with Crippen molar-refractivity contribution in [2.45, 2.75) is 13.3 Å². The molecule has 0 spiro atoms. The third-order valence-corrected chi connectivity index (χ3v) is 5.52. The Morgan fingerprint density at radius 2 is 2.07 bits per heavy atom. The van der Waals surface area contributed by atoms with E-state index in [2.05, 4.69) is 5.32 Å². The normalized spacial score (nSPS) is 11.8. The van der Waals surface area contributed by atoms with E-state index in [1.165, 1.54) is 11.7 Å². The van der Waals surface area contributed by atoms with E-state index >= 15 is 0 Å². The van der Waals surface area contributed by atoms with Crippen LogP contribution in [0.15, 0.2) is 58.1 Å². The fourth-order valence-corrected chi connectivity index (χ4v) is 3.87. The van der Waals surface area contributed by atoms with Gasteiger partial charge in [0.25, 0.3) is 11.5 Å². The monoisotopic (exact) mass is 412 g/mol. The zero-order chi connectivity index (χ0) is 20.8. The van der Waals surface area contributed by atoms with Crippen molar-refractivity contribution in [3.05, 3.63) is 80.4 Å². The summed E-state index contributed by atoms with van der Waals surface area (Å²) in [6.45, 7) is 1.97. The Hall–Kier alpha value is -2.90. The second-order valence-corrected chi connectivity index (χ2v) is 7.60. The minimum Gasteiger partial charge on any atom is -0.495 e. The van der Waals surface area contributed by atoms with Crippen LogP contribution < -0.4 is 15.6 Å². The van der Waals surface area contributed by atoms with Gasteiger partial charge < -0.3 is 15.2 Å². The van der Waals surface area contributed by atoms with Gasteiger partial charge in [-0.15, -0.1) is 0 Å². The SMILES string of the molecule is COc1ccccc1-n1ccc(C)c(C(=O)NCC(CO)Cc2ccsc2)c1=O. The maximum atomic E-state index is 13.1. The Morgan fingerprint density at radius 1 is 1.28 bits per heavy atom. The van der Waals surface area contributed by atoms with E-state index < -0.39 is 11.5 Å². The van der Waals surface area contributed by atoms with Gasteiger partial charge in [0.15, 0.2) is 0 Å². The number of pyridine rings is 1. The fourth-order valence-electron chi connectivity index (χ4n) is 3.19. The van der Waals surface area contributed by atoms with Gasteiger partial charge in [-0.25, -0.2) is 0 Å². The first-order valence-corrected chi connectivity index (χ1v) is 10.2. The van der Waals surface area contributed by atoms with Crippen LogP contribution in [0.4, 0.5) is 0 Å². The first kappa shape index (κ1) is 20.8. The molecular formula is C22H24N2O4S. The Morgan fingerprint density at radius 3 is 2.76 bits per heavy atom. The number of hydrogen-bond acceptors (Lipinski definition) is 5. The first-order valence-electron chi connectivity index (χ1n) is 9.31. The average molecular weight is 413 g/mol. The summed E-state index contributed by atoms with van der Waals surface area (Å²) in [5.74, 6) is -0.0181. The average Bonchev–Trinajstić information content (AvgIpc) is 3.24. The summed E-state index contributed by atoms with van der Waals surface area (Å²) < 4.78 is 6.75. The van der Waals surface area contributed by atoms with Crippen LogP contribution >= 0.6 is 11.3 Å². The third-order valence-electron chi connectivity index (χ3n) is 4.79. The van der Waals surface area contributed by atoms with Gasteiger partial charge in [0.1, 0.15) is 11.3 Å². The van der Waals surface area contributed by atoms with Crippen molar-refractivity contribution in [2.24, 2.45) is 5.92 Å². The van der Waals surface area contributed by atoms with Crippen LogP contribution in [-0.4, -0.2) is 35.8 Å². The Labute approximate surface area is 173 Å². The van der Waals surface area contributed by atoms with Gasteiger partial charge in [-0.3, -0.25) is 14.2 Å². The summed E-state index contributed by atoms with van der Waals surface area (Å²) in [6, 6.07) is 10.9. The summed E-state index contributed by atoms with van der Waals surface area (Å²) >= 11 is 1.60. The number of carbonyl (C=O) groups excluding carboxylic acids is 1. The molecule has 0 aliphatic heterocycles. The summed E-state index contributed by atoms with van der Waals surface area (Å²) in [5, 5.41) is 16.5. The van der Waals surface area contributed by atoms with Crippen LogP contribution in [0.3, 0.4) is 0 Å². The Bertz CT molecular complexity index is 1030. The van der Waals surface area contributed by atoms with E-state index in [9.17, 15) is 14.7 Å². The number of carbonyl (C=O) groups is 1. The second kappa shape index (κ2) is 9.54. The number of aliphatic hydroxyl groups excluding tert-OH is 1. The van der Waals surface area contributed by atoms with E-state index in [4.69, 9.17) is 4.74 Å². The number of rotatable bonds is 8. The topological polar surface area (TPSA) is 80.6 Å². The lowest BCUT2D eigenvalue weighted by molar-refractivity contribution is 0.0937. The molecule has 1 atom stereocenters. The maximum Gasteiger partial charge on any atom is 0.268 e. The molecule has 0 radical (unpaired) electrons. The largest absolute Gasteiger partial charge is 0.495 e. The summed E-state index contributed by atoms with van der Waals surface area (Å²) in [4.78, 5) is 25.9. The number of hydrogen-bond donors (Lipinski definition) is 2. The predicted octanol–water partition coefficient (Wildman–Crippen LogP) is 2.80. The highest BCUT2D eigenvalue weighted by molar-refractivity contribution is 7.07. The van der Waals surface area contributed by atoms with Crippen LogP contribution in [0.2, 0.25) is 0 Å². The molecule has 0 bridgehead atoms. The van der Waals surface area contributed by atoms with E-state index in [1.54, 1.807) is 48.7 Å². The number of para-hydroxylation sites is 2. The molecule has 3 rings (SSSR count). The number of aliphatic hydroxyl groups is 1. The van der Waals surface area contributed by atoms with Gasteiger partial charge in [-0.2, -0.15) is 11.3 Å². The number of thiophene rings is 1. The van der Waals surface area contributed by atoms with Crippen LogP contribution in [0.1, 0.15) is 21.5 Å². The molecular weight excluding hydrogens is 388 g/mol. The van der Waals surface area contributed by atoms with Gasteiger partial charge in [-0.1, -0.05) is 12.1 Å². The quantitative estimate of drug-likeness (QED) is 0.596. The third kappa shape index (κ3) is 4.75. The smallest absolute Gasteiger partial charge is 0.268 e. The van der Waals surface area contributed by atoms with Gasteiger partial charge in [0.2, 0.25) is 0 Å². The molecule has 2 heterocycles. The number of nitrogens with one attached hydrogen (secondary N) is 1. The van der Waals surface area contributed by atoms with E-state index in [0.29, 0.717) is 23.4 Å². The lowest BCUT2D eigenvalue weighted by atomic mass is 10.0. The maximum absolute atomic E-state index is 13.1. The molecule has 152 valence electrons. The van der Waals surface area contributed by atoms with E-state index in [0.717, 1.165) is 5.56 Å². The molecule has 6 nitrogen and oxygen atoms in total. The highest BCUT2D eigenvalue weighted by Gasteiger charge is 2.19. The zero-order valence-electron chi connectivity index (χ0n) is 16.4. The molecule has 2 N–H and O–H groups in total. The van der Waals surface area contributed by atoms with Gasteiger partial charge in [0.05, 0.1) is 12.8 Å². The first-order chi connectivity index (χ1) is 14.0. The van der Waals surface area contributed by atoms with E-state index in [1.807, 2.05) is 22.9 Å². The van der Waals surface area contributed by atoms with Crippen molar-refractivity contribution in [1.82, 2.24) is 9.88 Å². The number of aromatic nitrogens is 1. The molecule has 0 aliphatic rings. The summed E-state index contributed by atoms with van der Waals surface area (Å²) in [6.07, 6.45) is 2.30. The Balaban J connectivity index is 1.82. The molecule has 1 aromatic carbocycles. The highest BCUT2D eigenvalue weighted by Crippen LogP contribution is 2.21. The molecule has 0 saturated carbocycles. The lowest BCUT2D eigenvalue weighted by Gasteiger charge is -2.16. The van der Waals surface area contributed by atoms with Crippen LogP contribution in [-0.2, 0) is 6.42 Å². The fraction of sp³-hybridized carbons (Fsp3) is 0.273. The number of amides is 1. The highest BCUT2D eigenvalue weighted by atomic mass is 32.1. The molecule has 1 amide bonds. The standard InChI is InChI=1S/C22H24N2O4S/c1-15-7-9-24(18-5-3-4-6-19(18)28-2)22(27)20(15)21(26)23-12-17(13-25)11-16-8-10-29-14-16/h3-10,14,17,25H,11-13H2,1-2H3,(H,23,26). The molecule has 3 aromatic rings. The zero-order valence-corrected chi connectivity index (χ0v) is 17.2. The van der Waals surface area contributed by atoms with Crippen molar-refractivity contribution < 1.29 is 14.6 Å². The molecule has 7 heteroatoms. The number of benzene rings is 1. The van der Waals surface area contributed by atoms with Crippen LogP contribution in [0, 0.1) is 12.8 Å². The molecule has 1 unspecified atom stereocenters. The lowest BCUT2D eigenvalue weighted by Crippen LogP contribution is -2.37. The minimum atomic E-state index is -0.444. The summed E-state index contributed by atoms with van der Waals surface area (Å²) in [7, 11) is 1.54. The van der Waals surface area contributed by atoms with Crippen molar-refractivity contribution in [3.8, 4) is 11.4 Å². The van der Waals surface area contributed by atoms with Crippen LogP contribution in [0.25, 0.3) is 5.69 Å². The second-order valence-electron chi connectivity index (χ2n) is 6.82. The number of ether oxygens (including phenoxy) is 1. The van der Waals surface area contributed by atoms with Gasteiger partial charge in [0, 0.05) is 25.3 Å². The molecule has 0 saturated heterocycles. The molecule has 0 fully saturated rings. The van der Waals surface area contributed by atoms with Crippen molar-refractivity contribution in [1.29, 1.82) is 0 Å². The van der Waals surface area contributed by atoms with E-state index in [-0.39, 0.29) is 24.6 Å². The van der Waals surface area contributed by atoms with Crippen molar-refractivity contribution in [3.63, 3.8) is 0 Å². The van der Waals surface area contributed by atoms with Crippen molar-refractivity contribution in [2.75, 3.05) is 20.3 Å². The van der Waals surface area contributed by atoms with Gasteiger partial charge >= 0.3 is 0 Å². The molecule has 2 aromatic heterocycles. The predicted molar refractivity (Wildman–Crippen MR) is 114 cm³/mol.